The van der Waals surface area contributed by atoms with Crippen LogP contribution in [0.3, 0.4) is 0 Å². The van der Waals surface area contributed by atoms with Crippen molar-refractivity contribution in [1.82, 2.24) is 14.8 Å². The molecule has 0 spiro atoms. The summed E-state index contributed by atoms with van der Waals surface area (Å²) in [4.78, 5) is 9.36. The minimum absolute atomic E-state index is 0.719. The third kappa shape index (κ3) is 2.79. The van der Waals surface area contributed by atoms with Crippen LogP contribution in [0.4, 0.5) is 5.69 Å². The molecule has 1 N–H and O–H groups in total. The molecule has 4 rings (SSSR count). The number of pyridine rings is 1. The molecule has 0 atom stereocenters. The van der Waals surface area contributed by atoms with Crippen LogP contribution in [0.2, 0.25) is 0 Å². The van der Waals surface area contributed by atoms with Crippen LogP contribution >= 0.6 is 0 Å². The molecule has 1 aromatic carbocycles. The summed E-state index contributed by atoms with van der Waals surface area (Å²) < 4.78 is 11.0. The van der Waals surface area contributed by atoms with Crippen LogP contribution in [0.5, 0.6) is 11.5 Å². The molecule has 26 heavy (non-hydrogen) atoms. The third-order valence-corrected chi connectivity index (χ3v) is 5.26. The van der Waals surface area contributed by atoms with Crippen molar-refractivity contribution in [1.29, 1.82) is 0 Å². The Hall–Kier alpha value is -2.63. The second-order valence-corrected chi connectivity index (χ2v) is 7.06. The van der Waals surface area contributed by atoms with Gasteiger partial charge in [0.25, 0.3) is 0 Å². The molecule has 0 radical (unpaired) electrons. The Balaban J connectivity index is 1.77. The predicted molar refractivity (Wildman–Crippen MR) is 104 cm³/mol. The summed E-state index contributed by atoms with van der Waals surface area (Å²) in [5, 5.41) is 4.79. The van der Waals surface area contributed by atoms with E-state index in [0.717, 1.165) is 54.9 Å². The molecule has 0 fully saturated rings. The minimum atomic E-state index is 0.719. The van der Waals surface area contributed by atoms with E-state index in [2.05, 4.69) is 35.4 Å². The van der Waals surface area contributed by atoms with E-state index in [0.29, 0.717) is 0 Å². The SMILES string of the molecule is COc1cc2nc3c(c(NCC4=CN(C)CN4C)c2cc1OC)CCC3. The lowest BCUT2D eigenvalue weighted by atomic mass is 10.1. The van der Waals surface area contributed by atoms with E-state index in [1.807, 2.05) is 12.1 Å². The van der Waals surface area contributed by atoms with E-state index in [4.69, 9.17) is 14.5 Å². The molecule has 2 aromatic rings. The van der Waals surface area contributed by atoms with Gasteiger partial charge in [-0.15, -0.1) is 0 Å². The number of aryl methyl sites for hydroxylation is 1. The number of fused-ring (bicyclic) bond motifs is 2. The number of aromatic nitrogens is 1. The molecule has 0 bridgehead atoms. The van der Waals surface area contributed by atoms with Crippen molar-refractivity contribution in [3.05, 3.63) is 35.3 Å². The highest BCUT2D eigenvalue weighted by Crippen LogP contribution is 2.39. The van der Waals surface area contributed by atoms with Gasteiger partial charge in [-0.1, -0.05) is 0 Å². The minimum Gasteiger partial charge on any atom is -0.493 e. The fourth-order valence-corrected chi connectivity index (χ4v) is 3.97. The normalized spacial score (nSPS) is 16.1. The van der Waals surface area contributed by atoms with Gasteiger partial charge in [-0.3, -0.25) is 4.98 Å². The predicted octanol–water partition coefficient (Wildman–Crippen LogP) is 2.83. The van der Waals surface area contributed by atoms with E-state index in [1.165, 1.54) is 22.6 Å². The summed E-state index contributed by atoms with van der Waals surface area (Å²) in [5.41, 5.74) is 5.98. The Morgan fingerprint density at radius 1 is 1.12 bits per heavy atom. The lowest BCUT2D eigenvalue weighted by Gasteiger charge is -2.20. The first kappa shape index (κ1) is 16.8. The van der Waals surface area contributed by atoms with E-state index >= 15 is 0 Å². The molecule has 6 heteroatoms. The number of methoxy groups -OCH3 is 2. The summed E-state index contributed by atoms with van der Waals surface area (Å²) in [7, 11) is 7.56. The van der Waals surface area contributed by atoms with Crippen molar-refractivity contribution in [2.24, 2.45) is 0 Å². The Morgan fingerprint density at radius 2 is 1.88 bits per heavy atom. The summed E-state index contributed by atoms with van der Waals surface area (Å²) in [5.74, 6) is 1.45. The molecule has 1 aromatic heterocycles. The van der Waals surface area contributed by atoms with Gasteiger partial charge in [0.15, 0.2) is 11.5 Å². The maximum absolute atomic E-state index is 5.52. The fourth-order valence-electron chi connectivity index (χ4n) is 3.97. The van der Waals surface area contributed by atoms with Crippen LogP contribution < -0.4 is 14.8 Å². The van der Waals surface area contributed by atoms with Crippen molar-refractivity contribution in [3.8, 4) is 11.5 Å². The van der Waals surface area contributed by atoms with Crippen LogP contribution in [0, 0.1) is 0 Å². The van der Waals surface area contributed by atoms with Crippen molar-refractivity contribution in [3.63, 3.8) is 0 Å². The van der Waals surface area contributed by atoms with Gasteiger partial charge in [-0.25, -0.2) is 0 Å². The summed E-state index contributed by atoms with van der Waals surface area (Å²) in [6, 6.07) is 4.02. The first-order valence-electron chi connectivity index (χ1n) is 9.04. The number of nitrogens with one attached hydrogen (secondary N) is 1. The number of benzene rings is 1. The van der Waals surface area contributed by atoms with Crippen LogP contribution in [-0.4, -0.2) is 56.3 Å². The lowest BCUT2D eigenvalue weighted by molar-refractivity contribution is 0.326. The van der Waals surface area contributed by atoms with Gasteiger partial charge < -0.3 is 24.6 Å². The largest absolute Gasteiger partial charge is 0.493 e. The van der Waals surface area contributed by atoms with Gasteiger partial charge in [0.1, 0.15) is 0 Å². The highest BCUT2D eigenvalue weighted by atomic mass is 16.5. The molecule has 1 aliphatic heterocycles. The van der Waals surface area contributed by atoms with Crippen LogP contribution in [0.25, 0.3) is 10.9 Å². The zero-order valence-electron chi connectivity index (χ0n) is 15.9. The molecule has 2 heterocycles. The Morgan fingerprint density at radius 3 is 2.58 bits per heavy atom. The Kier molecular flexibility index (Phi) is 4.26. The number of hydrogen-bond donors (Lipinski definition) is 1. The number of anilines is 1. The van der Waals surface area contributed by atoms with E-state index in [-0.39, 0.29) is 0 Å². The highest BCUT2D eigenvalue weighted by molar-refractivity contribution is 5.96. The standard InChI is InChI=1S/C20H26N4O2/c1-23-11-13(24(2)12-23)10-21-20-14-6-5-7-16(14)22-17-9-19(26-4)18(25-3)8-15(17)20/h8-9,11H,5-7,10,12H2,1-4H3,(H,21,22). The molecule has 2 aliphatic rings. The van der Waals surface area contributed by atoms with E-state index in [1.54, 1.807) is 14.2 Å². The highest BCUT2D eigenvalue weighted by Gasteiger charge is 2.22. The summed E-state index contributed by atoms with van der Waals surface area (Å²) in [6.07, 6.45) is 5.47. The van der Waals surface area contributed by atoms with Gasteiger partial charge in [0.2, 0.25) is 0 Å². The second kappa shape index (κ2) is 6.59. The van der Waals surface area contributed by atoms with E-state index < -0.39 is 0 Å². The quantitative estimate of drug-likeness (QED) is 0.891. The number of rotatable bonds is 5. The van der Waals surface area contributed by atoms with Crippen molar-refractivity contribution >= 4 is 16.6 Å². The van der Waals surface area contributed by atoms with Gasteiger partial charge in [0.05, 0.1) is 38.6 Å². The van der Waals surface area contributed by atoms with Gasteiger partial charge in [-0.05, 0) is 30.9 Å². The Labute approximate surface area is 154 Å². The Bertz CT molecular complexity index is 878. The van der Waals surface area contributed by atoms with Gasteiger partial charge in [-0.2, -0.15) is 0 Å². The fraction of sp³-hybridized carbons (Fsp3) is 0.450. The molecule has 6 nitrogen and oxygen atoms in total. The zero-order chi connectivity index (χ0) is 18.3. The van der Waals surface area contributed by atoms with Crippen LogP contribution in [0.15, 0.2) is 24.0 Å². The molecule has 0 saturated heterocycles. The van der Waals surface area contributed by atoms with Crippen molar-refractivity contribution in [2.75, 3.05) is 46.8 Å². The van der Waals surface area contributed by atoms with Crippen molar-refractivity contribution < 1.29 is 9.47 Å². The number of ether oxygens (including phenoxy) is 2. The molecule has 0 unspecified atom stereocenters. The third-order valence-electron chi connectivity index (χ3n) is 5.26. The molecule has 0 amide bonds. The lowest BCUT2D eigenvalue weighted by Crippen LogP contribution is -2.23. The number of hydrogen-bond acceptors (Lipinski definition) is 6. The monoisotopic (exact) mass is 354 g/mol. The van der Waals surface area contributed by atoms with Gasteiger partial charge in [0, 0.05) is 43.1 Å². The zero-order valence-corrected chi connectivity index (χ0v) is 15.9. The number of likely N-dealkylation sites (N-methyl/N-ethyl adjacent to an activating group) is 1. The smallest absolute Gasteiger partial charge is 0.162 e. The topological polar surface area (TPSA) is 49.9 Å². The number of nitrogens with zero attached hydrogens (tertiary/aromatic N) is 3. The first-order valence-corrected chi connectivity index (χ1v) is 9.04. The van der Waals surface area contributed by atoms with Crippen LogP contribution in [0.1, 0.15) is 17.7 Å². The average Bonchev–Trinajstić information content (AvgIpc) is 3.22. The van der Waals surface area contributed by atoms with Gasteiger partial charge >= 0.3 is 0 Å². The summed E-state index contributed by atoms with van der Waals surface area (Å²) in [6.45, 7) is 1.72. The first-order chi connectivity index (χ1) is 12.6. The van der Waals surface area contributed by atoms with Crippen LogP contribution in [-0.2, 0) is 12.8 Å². The molecular weight excluding hydrogens is 328 g/mol. The maximum atomic E-state index is 5.52. The second-order valence-electron chi connectivity index (χ2n) is 7.06. The van der Waals surface area contributed by atoms with Crippen molar-refractivity contribution in [2.45, 2.75) is 19.3 Å². The average molecular weight is 354 g/mol. The summed E-state index contributed by atoms with van der Waals surface area (Å²) >= 11 is 0. The van der Waals surface area contributed by atoms with E-state index in [9.17, 15) is 0 Å². The molecule has 0 saturated carbocycles. The maximum Gasteiger partial charge on any atom is 0.162 e. The molecule has 138 valence electrons. The molecule has 1 aliphatic carbocycles. The molecular formula is C20H26N4O2.